The largest absolute Gasteiger partial charge is 0.394 e. The highest BCUT2D eigenvalue weighted by molar-refractivity contribution is 7.10. The van der Waals surface area contributed by atoms with Crippen molar-refractivity contribution in [2.24, 2.45) is 0 Å². The molecule has 0 aliphatic rings. The molecule has 5 heteroatoms. The number of urea groups is 1. The predicted molar refractivity (Wildman–Crippen MR) is 99.4 cm³/mol. The van der Waals surface area contributed by atoms with Gasteiger partial charge in [0.15, 0.2) is 0 Å². The Labute approximate surface area is 148 Å². The van der Waals surface area contributed by atoms with Crippen LogP contribution in [0.1, 0.15) is 42.3 Å². The second-order valence-corrected chi connectivity index (χ2v) is 7.01. The number of aliphatic hydroxyl groups is 1. The van der Waals surface area contributed by atoms with E-state index in [4.69, 9.17) is 0 Å². The van der Waals surface area contributed by atoms with Crippen LogP contribution in [0.2, 0.25) is 0 Å². The molecule has 4 nitrogen and oxygen atoms in total. The third kappa shape index (κ3) is 4.58. The third-order valence-electron chi connectivity index (χ3n) is 4.19. The van der Waals surface area contributed by atoms with E-state index in [1.165, 1.54) is 10.5 Å². The lowest BCUT2D eigenvalue weighted by molar-refractivity contribution is 0.156. The number of nitrogens with one attached hydrogen (secondary N) is 1. The topological polar surface area (TPSA) is 52.6 Å². The van der Waals surface area contributed by atoms with Gasteiger partial charge >= 0.3 is 6.03 Å². The number of aryl methyl sites for hydroxylation is 1. The van der Waals surface area contributed by atoms with E-state index in [1.54, 1.807) is 18.4 Å². The molecule has 2 unspecified atom stereocenters. The number of amides is 2. The first-order valence-electron chi connectivity index (χ1n) is 8.33. The molecule has 0 fully saturated rings. The van der Waals surface area contributed by atoms with Gasteiger partial charge in [-0.3, -0.25) is 0 Å². The highest BCUT2D eigenvalue weighted by Crippen LogP contribution is 2.27. The van der Waals surface area contributed by atoms with Gasteiger partial charge < -0.3 is 15.3 Å². The average Bonchev–Trinajstić information content (AvgIpc) is 3.13. The van der Waals surface area contributed by atoms with Gasteiger partial charge in [-0.2, -0.15) is 0 Å². The van der Waals surface area contributed by atoms with Gasteiger partial charge in [0.2, 0.25) is 0 Å². The van der Waals surface area contributed by atoms with Crippen LogP contribution in [0.5, 0.6) is 0 Å². The quantitative estimate of drug-likeness (QED) is 0.801. The molecule has 1 aromatic carbocycles. The average molecular weight is 346 g/mol. The van der Waals surface area contributed by atoms with E-state index in [2.05, 4.69) is 36.5 Å². The van der Waals surface area contributed by atoms with Crippen molar-refractivity contribution in [3.63, 3.8) is 0 Å². The first-order valence-corrected chi connectivity index (χ1v) is 9.21. The van der Waals surface area contributed by atoms with E-state index >= 15 is 0 Å². The molecule has 2 rings (SSSR count). The summed E-state index contributed by atoms with van der Waals surface area (Å²) in [6, 6.07) is 11.9. The Kier molecular flexibility index (Phi) is 6.82. The summed E-state index contributed by atoms with van der Waals surface area (Å²) in [5.74, 6) is 0. The number of hydrogen-bond donors (Lipinski definition) is 2. The van der Waals surface area contributed by atoms with Crippen molar-refractivity contribution >= 4 is 17.4 Å². The molecule has 0 aliphatic carbocycles. The second kappa shape index (κ2) is 8.85. The minimum atomic E-state index is -0.221. The Morgan fingerprint density at radius 3 is 2.54 bits per heavy atom. The number of carbonyl (C=O) groups is 1. The maximum absolute atomic E-state index is 12.5. The van der Waals surface area contributed by atoms with E-state index in [1.807, 2.05) is 24.4 Å². The molecule has 0 bridgehead atoms. The number of rotatable bonds is 7. The van der Waals surface area contributed by atoms with E-state index in [0.717, 1.165) is 23.3 Å². The van der Waals surface area contributed by atoms with Crippen LogP contribution in [0.4, 0.5) is 4.79 Å². The molecule has 1 heterocycles. The molecule has 2 amide bonds. The summed E-state index contributed by atoms with van der Waals surface area (Å²) in [6.07, 6.45) is 2.18. The zero-order valence-electron chi connectivity index (χ0n) is 14.5. The van der Waals surface area contributed by atoms with Crippen LogP contribution in [0.3, 0.4) is 0 Å². The number of likely N-dealkylation sites (N-methyl/N-ethyl adjacent to an activating group) is 1. The Morgan fingerprint density at radius 2 is 2.00 bits per heavy atom. The standard InChI is InChI=1S/C19H26N2O2S/c1-4-6-15-8-10-16(11-9-15)18(17-7-5-12-24-17)20-19(23)21(3)14(2)13-22/h5,7-12,14,18,22H,4,6,13H2,1-3H3,(H,20,23). The summed E-state index contributed by atoms with van der Waals surface area (Å²) >= 11 is 1.63. The van der Waals surface area contributed by atoms with Crippen LogP contribution in [0.25, 0.3) is 0 Å². The molecule has 0 saturated heterocycles. The molecule has 0 saturated carbocycles. The number of benzene rings is 1. The van der Waals surface area contributed by atoms with Gasteiger partial charge in [-0.1, -0.05) is 43.7 Å². The van der Waals surface area contributed by atoms with Crippen LogP contribution in [0.15, 0.2) is 41.8 Å². The van der Waals surface area contributed by atoms with Crippen molar-refractivity contribution < 1.29 is 9.90 Å². The number of hydrogen-bond acceptors (Lipinski definition) is 3. The van der Waals surface area contributed by atoms with Gasteiger partial charge in [-0.15, -0.1) is 11.3 Å². The molecule has 1 aromatic heterocycles. The van der Waals surface area contributed by atoms with Crippen LogP contribution in [-0.4, -0.2) is 35.7 Å². The summed E-state index contributed by atoms with van der Waals surface area (Å²) < 4.78 is 0. The predicted octanol–water partition coefficient (Wildman–Crippen LogP) is 3.81. The van der Waals surface area contributed by atoms with Crippen molar-refractivity contribution in [2.45, 2.75) is 38.8 Å². The number of aliphatic hydroxyl groups excluding tert-OH is 1. The van der Waals surface area contributed by atoms with Gasteiger partial charge in [0.25, 0.3) is 0 Å². The second-order valence-electron chi connectivity index (χ2n) is 6.03. The highest BCUT2D eigenvalue weighted by Gasteiger charge is 2.22. The molecule has 2 atom stereocenters. The SMILES string of the molecule is CCCc1ccc(C(NC(=O)N(C)C(C)CO)c2cccs2)cc1. The lowest BCUT2D eigenvalue weighted by atomic mass is 10.0. The smallest absolute Gasteiger partial charge is 0.318 e. The van der Waals surface area contributed by atoms with E-state index in [0.29, 0.717) is 0 Å². The summed E-state index contributed by atoms with van der Waals surface area (Å²) in [6.45, 7) is 3.93. The molecular formula is C19H26N2O2S. The normalized spacial score (nSPS) is 13.3. The van der Waals surface area contributed by atoms with Crippen LogP contribution >= 0.6 is 11.3 Å². The van der Waals surface area contributed by atoms with Crippen molar-refractivity contribution in [2.75, 3.05) is 13.7 Å². The Morgan fingerprint density at radius 1 is 1.29 bits per heavy atom. The van der Waals surface area contributed by atoms with E-state index in [9.17, 15) is 9.90 Å². The maximum Gasteiger partial charge on any atom is 0.318 e. The third-order valence-corrected chi connectivity index (χ3v) is 5.13. The van der Waals surface area contributed by atoms with E-state index < -0.39 is 0 Å². The summed E-state index contributed by atoms with van der Waals surface area (Å²) in [4.78, 5) is 15.1. The van der Waals surface area contributed by atoms with Crippen molar-refractivity contribution in [1.29, 1.82) is 0 Å². The van der Waals surface area contributed by atoms with Crippen LogP contribution < -0.4 is 5.32 Å². The molecule has 0 aliphatic heterocycles. The van der Waals surface area contributed by atoms with Gasteiger partial charge in [-0.05, 0) is 35.9 Å². The van der Waals surface area contributed by atoms with Gasteiger partial charge in [-0.25, -0.2) is 4.79 Å². The highest BCUT2D eigenvalue weighted by atomic mass is 32.1. The van der Waals surface area contributed by atoms with Crippen LogP contribution in [-0.2, 0) is 6.42 Å². The first-order chi connectivity index (χ1) is 11.6. The fraction of sp³-hybridized carbons (Fsp3) is 0.421. The van der Waals surface area contributed by atoms with Crippen molar-refractivity contribution in [3.8, 4) is 0 Å². The molecule has 0 radical (unpaired) electrons. The molecule has 24 heavy (non-hydrogen) atoms. The molecule has 0 spiro atoms. The van der Waals surface area contributed by atoms with E-state index in [-0.39, 0.29) is 24.7 Å². The molecule has 130 valence electrons. The maximum atomic E-state index is 12.5. The lowest BCUT2D eigenvalue weighted by Gasteiger charge is -2.27. The number of thiophene rings is 1. The zero-order valence-corrected chi connectivity index (χ0v) is 15.3. The first kappa shape index (κ1) is 18.5. The fourth-order valence-corrected chi connectivity index (χ4v) is 3.29. The van der Waals surface area contributed by atoms with Gasteiger partial charge in [0.1, 0.15) is 0 Å². The minimum Gasteiger partial charge on any atom is -0.394 e. The molecular weight excluding hydrogens is 320 g/mol. The van der Waals surface area contributed by atoms with Crippen molar-refractivity contribution in [3.05, 3.63) is 57.8 Å². The summed E-state index contributed by atoms with van der Waals surface area (Å²) in [7, 11) is 1.70. The van der Waals surface area contributed by atoms with Gasteiger partial charge in [0, 0.05) is 11.9 Å². The number of nitrogens with zero attached hydrogens (tertiary/aromatic N) is 1. The zero-order chi connectivity index (χ0) is 17.5. The fourth-order valence-electron chi connectivity index (χ4n) is 2.49. The van der Waals surface area contributed by atoms with Crippen molar-refractivity contribution in [1.82, 2.24) is 10.2 Å². The minimum absolute atomic E-state index is 0.0562. The summed E-state index contributed by atoms with van der Waals surface area (Å²) in [5.41, 5.74) is 2.37. The number of carbonyl (C=O) groups excluding carboxylic acids is 1. The summed E-state index contributed by atoms with van der Waals surface area (Å²) in [5, 5.41) is 14.4. The Hall–Kier alpha value is -1.85. The lowest BCUT2D eigenvalue weighted by Crippen LogP contribution is -2.45. The van der Waals surface area contributed by atoms with Gasteiger partial charge in [0.05, 0.1) is 18.7 Å². The molecule has 2 N–H and O–H groups in total. The monoisotopic (exact) mass is 346 g/mol. The Bertz CT molecular complexity index is 625. The molecule has 2 aromatic rings. The Balaban J connectivity index is 2.21. The van der Waals surface area contributed by atoms with Crippen LogP contribution in [0, 0.1) is 0 Å².